The molecule has 0 aromatic heterocycles. The molecule has 0 radical (unpaired) electrons. The number of rotatable bonds is 9. The summed E-state index contributed by atoms with van der Waals surface area (Å²) in [6.07, 6.45) is 0.643. The van der Waals surface area contributed by atoms with Crippen LogP contribution in [0.4, 0.5) is 5.69 Å². The van der Waals surface area contributed by atoms with E-state index in [1.807, 2.05) is 6.92 Å². The van der Waals surface area contributed by atoms with E-state index in [0.717, 1.165) is 10.7 Å². The van der Waals surface area contributed by atoms with Gasteiger partial charge in [-0.25, -0.2) is 0 Å². The number of carbonyl (C=O) groups is 1. The van der Waals surface area contributed by atoms with Crippen molar-refractivity contribution in [2.24, 2.45) is 0 Å². The van der Waals surface area contributed by atoms with Gasteiger partial charge in [-0.05, 0) is 30.7 Å². The predicted octanol–water partition coefficient (Wildman–Crippen LogP) is 1.54. The normalized spacial score (nSPS) is 11.4. The first kappa shape index (κ1) is 17.3. The second kappa shape index (κ2) is 7.84. The maximum atomic E-state index is 12.0. The zero-order chi connectivity index (χ0) is 15.9. The number of benzene rings is 1. The van der Waals surface area contributed by atoms with Crippen LogP contribution in [0.25, 0.3) is 0 Å². The molecule has 0 fully saturated rings. The van der Waals surface area contributed by atoms with Crippen molar-refractivity contribution in [3.63, 3.8) is 0 Å². The van der Waals surface area contributed by atoms with Crippen molar-refractivity contribution in [1.82, 2.24) is 4.31 Å². The summed E-state index contributed by atoms with van der Waals surface area (Å²) in [5, 5.41) is 8.56. The number of nitrogens with zero attached hydrogens (tertiary/aromatic N) is 1. The molecule has 0 spiro atoms. The summed E-state index contributed by atoms with van der Waals surface area (Å²) in [6.45, 7) is 2.50. The van der Waals surface area contributed by atoms with Gasteiger partial charge in [0.15, 0.2) is 0 Å². The van der Waals surface area contributed by atoms with E-state index in [1.165, 1.54) is 7.05 Å². The minimum Gasteiger partial charge on any atom is -0.494 e. The van der Waals surface area contributed by atoms with Crippen LogP contribution in [0, 0.1) is 0 Å². The molecule has 0 aliphatic rings. The summed E-state index contributed by atoms with van der Waals surface area (Å²) in [4.78, 5) is 10.5. The Morgan fingerprint density at radius 3 is 2.48 bits per heavy atom. The van der Waals surface area contributed by atoms with E-state index in [9.17, 15) is 13.2 Å². The van der Waals surface area contributed by atoms with E-state index in [0.29, 0.717) is 18.0 Å². The summed E-state index contributed by atoms with van der Waals surface area (Å²) in [6, 6.07) is 6.52. The van der Waals surface area contributed by atoms with E-state index in [4.69, 9.17) is 9.84 Å². The highest BCUT2D eigenvalue weighted by Gasteiger charge is 2.18. The molecular formula is C13H20N2O5S. The average Bonchev–Trinajstić information content (AvgIpc) is 2.43. The standard InChI is InChI=1S/C13H20N2O5S/c1-3-10-20-12-6-4-11(5-7-12)14-21(18,19)15(2)9-8-13(16)17/h4-7,14H,3,8-10H2,1-2H3,(H,16,17). The van der Waals surface area contributed by atoms with E-state index < -0.39 is 16.2 Å². The number of aliphatic carboxylic acids is 1. The molecule has 0 aliphatic carbocycles. The van der Waals surface area contributed by atoms with Crippen LogP contribution >= 0.6 is 0 Å². The molecule has 0 atom stereocenters. The van der Waals surface area contributed by atoms with Crippen LogP contribution in [-0.4, -0.2) is 44.0 Å². The Labute approximate surface area is 124 Å². The molecule has 0 saturated carbocycles. The molecule has 0 heterocycles. The maximum Gasteiger partial charge on any atom is 0.304 e. The molecular weight excluding hydrogens is 296 g/mol. The monoisotopic (exact) mass is 316 g/mol. The van der Waals surface area contributed by atoms with Crippen molar-refractivity contribution in [3.8, 4) is 5.75 Å². The lowest BCUT2D eigenvalue weighted by Gasteiger charge is -2.17. The maximum absolute atomic E-state index is 12.0. The molecule has 7 nitrogen and oxygen atoms in total. The van der Waals surface area contributed by atoms with Crippen molar-refractivity contribution in [2.45, 2.75) is 19.8 Å². The molecule has 1 aromatic carbocycles. The summed E-state index contributed by atoms with van der Waals surface area (Å²) in [7, 11) is -2.44. The highest BCUT2D eigenvalue weighted by Crippen LogP contribution is 2.17. The van der Waals surface area contributed by atoms with Crippen molar-refractivity contribution in [1.29, 1.82) is 0 Å². The third-order valence-corrected chi connectivity index (χ3v) is 4.12. The number of hydrogen-bond acceptors (Lipinski definition) is 4. The number of carboxylic acids is 1. The topological polar surface area (TPSA) is 95.9 Å². The van der Waals surface area contributed by atoms with Crippen LogP contribution in [-0.2, 0) is 15.0 Å². The number of nitrogens with one attached hydrogen (secondary N) is 1. The molecule has 0 unspecified atom stereocenters. The van der Waals surface area contributed by atoms with Gasteiger partial charge in [0, 0.05) is 13.6 Å². The quantitative estimate of drug-likeness (QED) is 0.720. The Hall–Kier alpha value is -1.80. The summed E-state index contributed by atoms with van der Waals surface area (Å²) in [5.74, 6) is -0.381. The van der Waals surface area contributed by atoms with Crippen molar-refractivity contribution < 1.29 is 23.1 Å². The van der Waals surface area contributed by atoms with Crippen molar-refractivity contribution in [2.75, 3.05) is 24.9 Å². The minimum atomic E-state index is -3.76. The van der Waals surface area contributed by atoms with E-state index in [-0.39, 0.29) is 13.0 Å². The Balaban J connectivity index is 2.64. The second-order valence-electron chi connectivity index (χ2n) is 4.45. The average molecular weight is 316 g/mol. The lowest BCUT2D eigenvalue weighted by Crippen LogP contribution is -2.34. The van der Waals surface area contributed by atoms with E-state index >= 15 is 0 Å². The number of hydrogen-bond donors (Lipinski definition) is 2. The smallest absolute Gasteiger partial charge is 0.304 e. The molecule has 21 heavy (non-hydrogen) atoms. The molecule has 1 rings (SSSR count). The Kier molecular flexibility index (Phi) is 6.44. The van der Waals surface area contributed by atoms with Gasteiger partial charge in [0.25, 0.3) is 0 Å². The van der Waals surface area contributed by atoms with E-state index in [2.05, 4.69) is 4.72 Å². The molecule has 118 valence electrons. The first-order chi connectivity index (χ1) is 9.85. The zero-order valence-electron chi connectivity index (χ0n) is 12.1. The van der Waals surface area contributed by atoms with Gasteiger partial charge in [0.05, 0.1) is 18.7 Å². The number of ether oxygens (including phenoxy) is 1. The molecule has 0 amide bonds. The largest absolute Gasteiger partial charge is 0.494 e. The van der Waals surface area contributed by atoms with Crippen molar-refractivity contribution >= 4 is 21.9 Å². The molecule has 1 aromatic rings. The Morgan fingerprint density at radius 2 is 1.95 bits per heavy atom. The first-order valence-electron chi connectivity index (χ1n) is 6.54. The molecule has 0 bridgehead atoms. The second-order valence-corrected chi connectivity index (χ2v) is 6.22. The van der Waals surface area contributed by atoms with Crippen LogP contribution in [0.1, 0.15) is 19.8 Å². The zero-order valence-corrected chi connectivity index (χ0v) is 12.9. The Morgan fingerprint density at radius 1 is 1.33 bits per heavy atom. The van der Waals surface area contributed by atoms with Gasteiger partial charge in [-0.3, -0.25) is 9.52 Å². The van der Waals surface area contributed by atoms with Gasteiger partial charge in [0.2, 0.25) is 0 Å². The third kappa shape index (κ3) is 6.01. The lowest BCUT2D eigenvalue weighted by atomic mass is 10.3. The first-order valence-corrected chi connectivity index (χ1v) is 7.98. The van der Waals surface area contributed by atoms with Gasteiger partial charge in [-0.1, -0.05) is 6.92 Å². The molecule has 0 aliphatic heterocycles. The van der Waals surface area contributed by atoms with E-state index in [1.54, 1.807) is 24.3 Å². The SMILES string of the molecule is CCCOc1ccc(NS(=O)(=O)N(C)CCC(=O)O)cc1. The Bertz CT molecular complexity index is 556. The predicted molar refractivity (Wildman–Crippen MR) is 79.7 cm³/mol. The molecule has 8 heteroatoms. The number of anilines is 1. The third-order valence-electron chi connectivity index (χ3n) is 2.62. The van der Waals surface area contributed by atoms with Crippen LogP contribution in [0.3, 0.4) is 0 Å². The van der Waals surface area contributed by atoms with Gasteiger partial charge in [-0.2, -0.15) is 12.7 Å². The summed E-state index contributed by atoms with van der Waals surface area (Å²) < 4.78 is 32.7. The van der Waals surface area contributed by atoms with Crippen LogP contribution in [0.5, 0.6) is 5.75 Å². The van der Waals surface area contributed by atoms with Crippen molar-refractivity contribution in [3.05, 3.63) is 24.3 Å². The summed E-state index contributed by atoms with van der Waals surface area (Å²) in [5.41, 5.74) is 0.390. The van der Waals surface area contributed by atoms with Gasteiger partial charge in [0.1, 0.15) is 5.75 Å². The number of carboxylic acid groups (broad SMARTS) is 1. The fourth-order valence-electron chi connectivity index (χ4n) is 1.44. The molecule has 2 N–H and O–H groups in total. The van der Waals surface area contributed by atoms with Crippen LogP contribution in [0.15, 0.2) is 24.3 Å². The minimum absolute atomic E-state index is 0.0949. The molecule has 0 saturated heterocycles. The highest BCUT2D eigenvalue weighted by molar-refractivity contribution is 7.90. The highest BCUT2D eigenvalue weighted by atomic mass is 32.2. The van der Waals surface area contributed by atoms with Crippen LogP contribution in [0.2, 0.25) is 0 Å². The van der Waals surface area contributed by atoms with Gasteiger partial charge >= 0.3 is 16.2 Å². The van der Waals surface area contributed by atoms with Gasteiger partial charge in [-0.15, -0.1) is 0 Å². The fraction of sp³-hybridized carbons (Fsp3) is 0.462. The fourth-order valence-corrected chi connectivity index (χ4v) is 2.36. The van der Waals surface area contributed by atoms with Crippen LogP contribution < -0.4 is 9.46 Å². The van der Waals surface area contributed by atoms with Gasteiger partial charge < -0.3 is 9.84 Å². The lowest BCUT2D eigenvalue weighted by molar-refractivity contribution is -0.137. The summed E-state index contributed by atoms with van der Waals surface area (Å²) >= 11 is 0.